The van der Waals surface area contributed by atoms with Crippen molar-refractivity contribution in [1.29, 1.82) is 0 Å². The van der Waals surface area contributed by atoms with Crippen LogP contribution in [0.3, 0.4) is 0 Å². The smallest absolute Gasteiger partial charge is 0.337 e. The molecule has 0 saturated carbocycles. The first-order chi connectivity index (χ1) is 8.97. The molecule has 0 bridgehead atoms. The van der Waals surface area contributed by atoms with Crippen LogP contribution in [0.25, 0.3) is 0 Å². The lowest BCUT2D eigenvalue weighted by Gasteiger charge is -2.07. The zero-order chi connectivity index (χ0) is 14.0. The molecule has 2 rings (SSSR count). The van der Waals surface area contributed by atoms with Gasteiger partial charge in [0.15, 0.2) is 0 Å². The van der Waals surface area contributed by atoms with Gasteiger partial charge >= 0.3 is 5.97 Å². The summed E-state index contributed by atoms with van der Waals surface area (Å²) in [5, 5.41) is 8.86. The summed E-state index contributed by atoms with van der Waals surface area (Å²) in [7, 11) is 0. The number of hydrogen-bond donors (Lipinski definition) is 1. The summed E-state index contributed by atoms with van der Waals surface area (Å²) in [5.74, 6) is -1.20. The van der Waals surface area contributed by atoms with E-state index in [1.165, 1.54) is 30.3 Å². The van der Waals surface area contributed by atoms with E-state index in [2.05, 4.69) is 0 Å². The SMILES string of the molecule is O=C(O)c1ccc(Oc2ccc(Cl)c(F)c2)cc1Cl. The van der Waals surface area contributed by atoms with Crippen LogP contribution in [-0.2, 0) is 0 Å². The Labute approximate surface area is 118 Å². The fraction of sp³-hybridized carbons (Fsp3) is 0. The molecule has 2 aromatic carbocycles. The Hall–Kier alpha value is -1.78. The first-order valence-electron chi connectivity index (χ1n) is 5.13. The van der Waals surface area contributed by atoms with Crippen molar-refractivity contribution in [2.45, 2.75) is 0 Å². The van der Waals surface area contributed by atoms with E-state index in [0.29, 0.717) is 5.75 Å². The lowest BCUT2D eigenvalue weighted by atomic mass is 10.2. The zero-order valence-corrected chi connectivity index (χ0v) is 10.9. The summed E-state index contributed by atoms with van der Waals surface area (Å²) >= 11 is 11.3. The summed E-state index contributed by atoms with van der Waals surface area (Å²) in [6.07, 6.45) is 0. The van der Waals surface area contributed by atoms with Gasteiger partial charge in [-0.15, -0.1) is 0 Å². The summed E-state index contributed by atoms with van der Waals surface area (Å²) < 4.78 is 18.6. The minimum atomic E-state index is -1.13. The number of benzene rings is 2. The molecule has 1 N–H and O–H groups in total. The summed E-state index contributed by atoms with van der Waals surface area (Å²) in [6.45, 7) is 0. The Kier molecular flexibility index (Phi) is 3.93. The number of carboxylic acid groups (broad SMARTS) is 1. The molecule has 0 atom stereocenters. The van der Waals surface area contributed by atoms with Crippen LogP contribution >= 0.6 is 23.2 Å². The van der Waals surface area contributed by atoms with E-state index < -0.39 is 11.8 Å². The molecule has 0 amide bonds. The largest absolute Gasteiger partial charge is 0.478 e. The second kappa shape index (κ2) is 5.47. The van der Waals surface area contributed by atoms with Gasteiger partial charge in [-0.25, -0.2) is 9.18 Å². The highest BCUT2D eigenvalue weighted by atomic mass is 35.5. The van der Waals surface area contributed by atoms with Gasteiger partial charge in [-0.1, -0.05) is 23.2 Å². The van der Waals surface area contributed by atoms with Crippen molar-refractivity contribution >= 4 is 29.2 Å². The number of carbonyl (C=O) groups is 1. The molecular formula is C13H7Cl2FO3. The van der Waals surface area contributed by atoms with E-state index >= 15 is 0 Å². The molecule has 0 saturated heterocycles. The molecule has 0 spiro atoms. The van der Waals surface area contributed by atoms with Gasteiger partial charge in [-0.2, -0.15) is 0 Å². The highest BCUT2D eigenvalue weighted by Gasteiger charge is 2.10. The minimum absolute atomic E-state index is 0.00777. The molecule has 0 aliphatic carbocycles. The maximum atomic E-state index is 13.2. The molecule has 2 aromatic rings. The molecule has 0 aromatic heterocycles. The summed E-state index contributed by atoms with van der Waals surface area (Å²) in [6, 6.07) is 8.07. The fourth-order valence-corrected chi connectivity index (χ4v) is 1.78. The van der Waals surface area contributed by atoms with Gasteiger partial charge in [0.05, 0.1) is 15.6 Å². The van der Waals surface area contributed by atoms with Gasteiger partial charge in [0.25, 0.3) is 0 Å². The first kappa shape index (κ1) is 13.6. The Morgan fingerprint density at radius 2 is 1.68 bits per heavy atom. The van der Waals surface area contributed by atoms with E-state index in [1.807, 2.05) is 0 Å². The van der Waals surface area contributed by atoms with Crippen molar-refractivity contribution in [3.63, 3.8) is 0 Å². The molecule has 19 heavy (non-hydrogen) atoms. The number of ether oxygens (including phenoxy) is 1. The molecule has 98 valence electrons. The predicted octanol–water partition coefficient (Wildman–Crippen LogP) is 4.62. The number of carboxylic acids is 1. The Morgan fingerprint density at radius 3 is 2.26 bits per heavy atom. The average Bonchev–Trinajstić information content (AvgIpc) is 2.33. The molecule has 0 heterocycles. The third-order valence-corrected chi connectivity index (χ3v) is 2.92. The quantitative estimate of drug-likeness (QED) is 0.899. The molecule has 3 nitrogen and oxygen atoms in total. The van der Waals surface area contributed by atoms with Crippen LogP contribution in [-0.4, -0.2) is 11.1 Å². The van der Waals surface area contributed by atoms with Crippen LogP contribution in [0.15, 0.2) is 36.4 Å². The fourth-order valence-electron chi connectivity index (χ4n) is 1.41. The number of halogens is 3. The summed E-state index contributed by atoms with van der Waals surface area (Å²) in [5.41, 5.74) is -0.0312. The molecule has 0 fully saturated rings. The standard InChI is InChI=1S/C13H7Cl2FO3/c14-10-4-2-8(6-12(10)16)19-7-1-3-9(13(17)18)11(15)5-7/h1-6H,(H,17,18). The van der Waals surface area contributed by atoms with Crippen molar-refractivity contribution in [2.24, 2.45) is 0 Å². The monoisotopic (exact) mass is 300 g/mol. The maximum absolute atomic E-state index is 13.2. The Morgan fingerprint density at radius 1 is 1.05 bits per heavy atom. The lowest BCUT2D eigenvalue weighted by Crippen LogP contribution is -1.97. The molecule has 0 aliphatic heterocycles. The minimum Gasteiger partial charge on any atom is -0.478 e. The number of hydrogen-bond acceptors (Lipinski definition) is 2. The zero-order valence-electron chi connectivity index (χ0n) is 9.36. The van der Waals surface area contributed by atoms with Crippen LogP contribution in [0.1, 0.15) is 10.4 Å². The molecule has 0 radical (unpaired) electrons. The number of rotatable bonds is 3. The van der Waals surface area contributed by atoms with Crippen LogP contribution in [0.4, 0.5) is 4.39 Å². The van der Waals surface area contributed by atoms with Gasteiger partial charge in [-0.3, -0.25) is 0 Å². The molecule has 0 aliphatic rings. The highest BCUT2D eigenvalue weighted by molar-refractivity contribution is 6.33. The van der Waals surface area contributed by atoms with Crippen molar-refractivity contribution in [3.05, 3.63) is 57.8 Å². The third kappa shape index (κ3) is 3.16. The highest BCUT2D eigenvalue weighted by Crippen LogP contribution is 2.28. The predicted molar refractivity (Wildman–Crippen MR) is 69.9 cm³/mol. The lowest BCUT2D eigenvalue weighted by molar-refractivity contribution is 0.0697. The summed E-state index contributed by atoms with van der Waals surface area (Å²) in [4.78, 5) is 10.8. The van der Waals surface area contributed by atoms with Crippen LogP contribution in [0, 0.1) is 5.82 Å². The van der Waals surface area contributed by atoms with Gasteiger partial charge in [0.2, 0.25) is 0 Å². The van der Waals surface area contributed by atoms with E-state index in [4.69, 9.17) is 33.0 Å². The van der Waals surface area contributed by atoms with Crippen molar-refractivity contribution in [1.82, 2.24) is 0 Å². The van der Waals surface area contributed by atoms with Crippen molar-refractivity contribution in [3.8, 4) is 11.5 Å². The van der Waals surface area contributed by atoms with E-state index in [9.17, 15) is 9.18 Å². The van der Waals surface area contributed by atoms with E-state index in [1.54, 1.807) is 0 Å². The second-order valence-corrected chi connectivity index (χ2v) is 4.44. The van der Waals surface area contributed by atoms with Gasteiger partial charge in [0, 0.05) is 12.1 Å². The van der Waals surface area contributed by atoms with Crippen LogP contribution in [0.5, 0.6) is 11.5 Å². The molecule has 0 unspecified atom stereocenters. The topological polar surface area (TPSA) is 46.5 Å². The third-order valence-electron chi connectivity index (χ3n) is 2.30. The molecular weight excluding hydrogens is 294 g/mol. The second-order valence-electron chi connectivity index (χ2n) is 3.62. The molecule has 6 heteroatoms. The van der Waals surface area contributed by atoms with Crippen LogP contribution in [0.2, 0.25) is 10.0 Å². The Bertz CT molecular complexity index is 644. The van der Waals surface area contributed by atoms with Gasteiger partial charge < -0.3 is 9.84 Å². The van der Waals surface area contributed by atoms with Crippen molar-refractivity contribution in [2.75, 3.05) is 0 Å². The number of aromatic carboxylic acids is 1. The van der Waals surface area contributed by atoms with E-state index in [0.717, 1.165) is 6.07 Å². The van der Waals surface area contributed by atoms with E-state index in [-0.39, 0.29) is 21.4 Å². The maximum Gasteiger partial charge on any atom is 0.337 e. The van der Waals surface area contributed by atoms with Crippen molar-refractivity contribution < 1.29 is 19.0 Å². The first-order valence-corrected chi connectivity index (χ1v) is 5.88. The Balaban J connectivity index is 2.26. The average molecular weight is 301 g/mol. The van der Waals surface area contributed by atoms with Crippen LogP contribution < -0.4 is 4.74 Å². The normalized spacial score (nSPS) is 10.3. The van der Waals surface area contributed by atoms with Gasteiger partial charge in [0.1, 0.15) is 17.3 Å². The van der Waals surface area contributed by atoms with Gasteiger partial charge in [-0.05, 0) is 24.3 Å².